The molecule has 0 radical (unpaired) electrons. The molecule has 1 atom stereocenters. The lowest BCUT2D eigenvalue weighted by molar-refractivity contribution is -0.115. The molecule has 3 aromatic heterocycles. The number of rotatable bonds is 6. The minimum atomic E-state index is -0.343. The third-order valence-corrected chi connectivity index (χ3v) is 6.21. The Hall–Kier alpha value is -1.90. The summed E-state index contributed by atoms with van der Waals surface area (Å²) in [4.78, 5) is 17.6. The van der Waals surface area contributed by atoms with Crippen LogP contribution in [0, 0.1) is 0 Å². The van der Waals surface area contributed by atoms with Crippen molar-refractivity contribution in [3.63, 3.8) is 0 Å². The average molecular weight is 406 g/mol. The fourth-order valence-corrected chi connectivity index (χ4v) is 4.31. The SMILES string of the molecule is C[C@@H](Sc1nnc(-c2cccs2)n1C1CC1)C(=O)Nc1cccnc1Cl. The van der Waals surface area contributed by atoms with Crippen molar-refractivity contribution < 1.29 is 4.79 Å². The number of nitrogens with zero attached hydrogens (tertiary/aromatic N) is 4. The number of pyridine rings is 1. The van der Waals surface area contributed by atoms with Crippen LogP contribution in [0.1, 0.15) is 25.8 Å². The van der Waals surface area contributed by atoms with Gasteiger partial charge in [-0.05, 0) is 43.3 Å². The van der Waals surface area contributed by atoms with Gasteiger partial charge >= 0.3 is 0 Å². The molecule has 6 nitrogen and oxygen atoms in total. The zero-order valence-electron chi connectivity index (χ0n) is 13.9. The summed E-state index contributed by atoms with van der Waals surface area (Å²) in [5.74, 6) is 0.737. The van der Waals surface area contributed by atoms with Gasteiger partial charge in [0.1, 0.15) is 0 Å². The second kappa shape index (κ2) is 7.38. The van der Waals surface area contributed by atoms with Gasteiger partial charge in [-0.25, -0.2) is 4.98 Å². The first kappa shape index (κ1) is 17.5. The molecule has 3 heterocycles. The molecule has 3 aromatic rings. The van der Waals surface area contributed by atoms with Gasteiger partial charge in [0, 0.05) is 12.2 Å². The average Bonchev–Trinajstić information content (AvgIpc) is 3.16. The van der Waals surface area contributed by atoms with Gasteiger partial charge in [-0.15, -0.1) is 21.5 Å². The Morgan fingerprint density at radius 2 is 2.23 bits per heavy atom. The maximum atomic E-state index is 12.5. The van der Waals surface area contributed by atoms with Crippen LogP contribution >= 0.6 is 34.7 Å². The number of thiophene rings is 1. The summed E-state index contributed by atoms with van der Waals surface area (Å²) >= 11 is 9.06. The van der Waals surface area contributed by atoms with Crippen LogP contribution in [0.25, 0.3) is 10.7 Å². The molecule has 1 aliphatic carbocycles. The van der Waals surface area contributed by atoms with Crippen molar-refractivity contribution in [2.45, 2.75) is 36.2 Å². The molecule has 0 aromatic carbocycles. The van der Waals surface area contributed by atoms with Crippen molar-refractivity contribution in [2.75, 3.05) is 5.32 Å². The number of amides is 1. The van der Waals surface area contributed by atoms with Crippen molar-refractivity contribution >= 4 is 46.3 Å². The number of hydrogen-bond acceptors (Lipinski definition) is 6. The first-order valence-electron chi connectivity index (χ1n) is 8.20. The zero-order valence-corrected chi connectivity index (χ0v) is 16.3. The Balaban J connectivity index is 1.52. The maximum absolute atomic E-state index is 12.5. The first-order chi connectivity index (χ1) is 12.6. The lowest BCUT2D eigenvalue weighted by Crippen LogP contribution is -2.23. The molecular formula is C17H16ClN5OS2. The van der Waals surface area contributed by atoms with Gasteiger partial charge in [-0.3, -0.25) is 9.36 Å². The van der Waals surface area contributed by atoms with Gasteiger partial charge in [-0.2, -0.15) is 0 Å². The predicted octanol–water partition coefficient (Wildman–Crippen LogP) is 4.51. The van der Waals surface area contributed by atoms with Crippen LogP contribution in [0.5, 0.6) is 0 Å². The standard InChI is InChI=1S/C17H16ClN5OS2/c1-10(16(24)20-12-4-2-8-19-14(12)18)26-17-22-21-15(13-5-3-9-25-13)23(17)11-6-7-11/h2-5,8-11H,6-7H2,1H3,(H,20,24)/t10-/m1/s1. The van der Waals surface area contributed by atoms with Crippen LogP contribution in [0.3, 0.4) is 0 Å². The van der Waals surface area contributed by atoms with E-state index in [1.54, 1.807) is 29.7 Å². The number of nitrogens with one attached hydrogen (secondary N) is 1. The Bertz CT molecular complexity index is 923. The van der Waals surface area contributed by atoms with Gasteiger partial charge in [0.05, 0.1) is 15.8 Å². The Morgan fingerprint density at radius 3 is 2.92 bits per heavy atom. The van der Waals surface area contributed by atoms with Crippen LogP contribution in [0.2, 0.25) is 5.15 Å². The molecule has 0 spiro atoms. The molecular weight excluding hydrogens is 390 g/mol. The minimum absolute atomic E-state index is 0.145. The van der Waals surface area contributed by atoms with Gasteiger partial charge in [0.2, 0.25) is 5.91 Å². The highest BCUT2D eigenvalue weighted by Gasteiger charge is 2.31. The van der Waals surface area contributed by atoms with E-state index in [1.807, 2.05) is 24.4 Å². The third-order valence-electron chi connectivity index (χ3n) is 3.99. The highest BCUT2D eigenvalue weighted by Crippen LogP contribution is 2.42. The fraction of sp³-hybridized carbons (Fsp3) is 0.294. The summed E-state index contributed by atoms with van der Waals surface area (Å²) in [6, 6.07) is 7.94. The summed E-state index contributed by atoms with van der Waals surface area (Å²) in [5.41, 5.74) is 0.509. The largest absolute Gasteiger partial charge is 0.322 e. The number of hydrogen-bond donors (Lipinski definition) is 1. The lowest BCUT2D eigenvalue weighted by Gasteiger charge is -2.13. The quantitative estimate of drug-likeness (QED) is 0.482. The van der Waals surface area contributed by atoms with Crippen LogP contribution in [-0.2, 0) is 4.79 Å². The predicted molar refractivity (Wildman–Crippen MR) is 105 cm³/mol. The Labute approximate surface area is 164 Å². The molecule has 1 amide bonds. The van der Waals surface area contributed by atoms with E-state index in [1.165, 1.54) is 11.8 Å². The summed E-state index contributed by atoms with van der Waals surface area (Å²) in [7, 11) is 0. The Kier molecular flexibility index (Phi) is 4.97. The van der Waals surface area contributed by atoms with Crippen LogP contribution in [-0.4, -0.2) is 30.9 Å². The first-order valence-corrected chi connectivity index (χ1v) is 10.3. The van der Waals surface area contributed by atoms with E-state index in [0.29, 0.717) is 11.7 Å². The molecule has 0 saturated heterocycles. The van der Waals surface area contributed by atoms with E-state index in [-0.39, 0.29) is 16.3 Å². The summed E-state index contributed by atoms with van der Waals surface area (Å²) in [5, 5.41) is 14.3. The van der Waals surface area contributed by atoms with E-state index in [4.69, 9.17) is 11.6 Å². The molecule has 1 N–H and O–H groups in total. The van der Waals surface area contributed by atoms with E-state index < -0.39 is 0 Å². The highest BCUT2D eigenvalue weighted by atomic mass is 35.5. The molecule has 1 aliphatic rings. The van der Waals surface area contributed by atoms with Crippen LogP contribution in [0.15, 0.2) is 41.0 Å². The van der Waals surface area contributed by atoms with E-state index in [2.05, 4.69) is 25.1 Å². The number of carbonyl (C=O) groups is 1. The molecule has 0 bridgehead atoms. The van der Waals surface area contributed by atoms with E-state index >= 15 is 0 Å². The van der Waals surface area contributed by atoms with Crippen molar-refractivity contribution in [3.8, 4) is 10.7 Å². The van der Waals surface area contributed by atoms with Crippen molar-refractivity contribution in [3.05, 3.63) is 41.0 Å². The van der Waals surface area contributed by atoms with E-state index in [0.717, 1.165) is 28.7 Å². The molecule has 1 fully saturated rings. The fourth-order valence-electron chi connectivity index (χ4n) is 2.52. The summed E-state index contributed by atoms with van der Waals surface area (Å²) in [6.45, 7) is 1.85. The monoisotopic (exact) mass is 405 g/mol. The summed E-state index contributed by atoms with van der Waals surface area (Å²) in [6.07, 6.45) is 3.83. The number of thioether (sulfide) groups is 1. The van der Waals surface area contributed by atoms with Gasteiger partial charge < -0.3 is 5.32 Å². The number of carbonyl (C=O) groups excluding carboxylic acids is 1. The zero-order chi connectivity index (χ0) is 18.1. The van der Waals surface area contributed by atoms with Gasteiger partial charge in [-0.1, -0.05) is 29.4 Å². The summed E-state index contributed by atoms with van der Waals surface area (Å²) < 4.78 is 2.16. The van der Waals surface area contributed by atoms with Crippen molar-refractivity contribution in [1.82, 2.24) is 19.7 Å². The number of halogens is 1. The van der Waals surface area contributed by atoms with Crippen molar-refractivity contribution in [2.24, 2.45) is 0 Å². The number of aromatic nitrogens is 4. The Morgan fingerprint density at radius 1 is 1.38 bits per heavy atom. The second-order valence-electron chi connectivity index (χ2n) is 5.98. The molecule has 0 aliphatic heterocycles. The number of anilines is 1. The molecule has 26 heavy (non-hydrogen) atoms. The van der Waals surface area contributed by atoms with Gasteiger partial charge in [0.25, 0.3) is 0 Å². The van der Waals surface area contributed by atoms with E-state index in [9.17, 15) is 4.79 Å². The van der Waals surface area contributed by atoms with Crippen molar-refractivity contribution in [1.29, 1.82) is 0 Å². The van der Waals surface area contributed by atoms with Crippen LogP contribution in [0.4, 0.5) is 5.69 Å². The molecule has 1 saturated carbocycles. The molecule has 4 rings (SSSR count). The normalized spacial score (nSPS) is 15.0. The van der Waals surface area contributed by atoms with Crippen LogP contribution < -0.4 is 5.32 Å². The second-order valence-corrected chi connectivity index (χ2v) is 8.59. The van der Waals surface area contributed by atoms with Gasteiger partial charge in [0.15, 0.2) is 16.1 Å². The topological polar surface area (TPSA) is 72.7 Å². The smallest absolute Gasteiger partial charge is 0.237 e. The highest BCUT2D eigenvalue weighted by molar-refractivity contribution is 8.00. The third kappa shape index (κ3) is 3.62. The maximum Gasteiger partial charge on any atom is 0.237 e. The minimum Gasteiger partial charge on any atom is -0.322 e. The molecule has 0 unspecified atom stereocenters. The molecule has 9 heteroatoms. The molecule has 134 valence electrons. The lowest BCUT2D eigenvalue weighted by atomic mass is 10.4.